The number of anilines is 1. The van der Waals surface area contributed by atoms with Gasteiger partial charge in [0.05, 0.1) is 36.1 Å². The first-order valence-corrected chi connectivity index (χ1v) is 8.76. The van der Waals surface area contributed by atoms with Crippen LogP contribution in [0, 0.1) is 0 Å². The van der Waals surface area contributed by atoms with Crippen molar-refractivity contribution in [2.45, 2.75) is 25.2 Å². The Kier molecular flexibility index (Phi) is 5.04. The number of rotatable bonds is 5. The third kappa shape index (κ3) is 3.64. The molecule has 3 N–H and O–H groups in total. The molecule has 118 valence electrons. The topological polar surface area (TPSA) is 86.5 Å². The van der Waals surface area contributed by atoms with Crippen molar-refractivity contribution in [1.82, 2.24) is 10.3 Å². The second-order valence-corrected chi connectivity index (χ2v) is 6.61. The maximum absolute atomic E-state index is 12.3. The highest BCUT2D eigenvalue weighted by atomic mass is 32.1. The number of nitrogens with one attached hydrogen (secondary N) is 1. The minimum absolute atomic E-state index is 0.0821. The van der Waals surface area contributed by atoms with Gasteiger partial charge in [-0.25, -0.2) is 4.98 Å². The Balaban J connectivity index is 1.60. The van der Waals surface area contributed by atoms with Crippen LogP contribution in [0.3, 0.4) is 0 Å². The molecule has 1 aliphatic heterocycles. The zero-order chi connectivity index (χ0) is 15.4. The summed E-state index contributed by atoms with van der Waals surface area (Å²) in [6.45, 7) is 1.50. The Hall–Kier alpha value is -1.48. The van der Waals surface area contributed by atoms with Crippen LogP contribution in [0.25, 0.3) is 0 Å². The molecule has 2 aromatic heterocycles. The Bertz CT molecular complexity index is 615. The zero-order valence-electron chi connectivity index (χ0n) is 11.9. The average molecular weight is 339 g/mol. The van der Waals surface area contributed by atoms with Crippen molar-refractivity contribution in [3.05, 3.63) is 32.9 Å². The van der Waals surface area contributed by atoms with E-state index in [9.17, 15) is 4.79 Å². The fourth-order valence-electron chi connectivity index (χ4n) is 2.28. The molecule has 0 aliphatic carbocycles. The van der Waals surface area contributed by atoms with E-state index in [1.54, 1.807) is 11.6 Å². The summed E-state index contributed by atoms with van der Waals surface area (Å²) in [4.78, 5) is 17.0. The number of nitrogens with two attached hydrogens (primary N) is 1. The fraction of sp³-hybridized carbons (Fsp3) is 0.429. The molecular formula is C14H17N3O3S2. The van der Waals surface area contributed by atoms with E-state index in [0.29, 0.717) is 30.4 Å². The molecule has 0 bridgehead atoms. The highest BCUT2D eigenvalue weighted by Crippen LogP contribution is 2.20. The van der Waals surface area contributed by atoms with Gasteiger partial charge >= 0.3 is 0 Å². The van der Waals surface area contributed by atoms with E-state index in [1.165, 1.54) is 22.7 Å². The van der Waals surface area contributed by atoms with Crippen molar-refractivity contribution in [2.24, 2.45) is 0 Å². The van der Waals surface area contributed by atoms with Crippen LogP contribution in [-0.2, 0) is 16.1 Å². The number of amides is 1. The van der Waals surface area contributed by atoms with Gasteiger partial charge in [-0.2, -0.15) is 0 Å². The van der Waals surface area contributed by atoms with Crippen LogP contribution in [-0.4, -0.2) is 36.3 Å². The van der Waals surface area contributed by atoms with Gasteiger partial charge in [0.2, 0.25) is 0 Å². The summed E-state index contributed by atoms with van der Waals surface area (Å²) >= 11 is 2.87. The van der Waals surface area contributed by atoms with Crippen LogP contribution < -0.4 is 11.1 Å². The lowest BCUT2D eigenvalue weighted by atomic mass is 10.1. The highest BCUT2D eigenvalue weighted by Gasteiger charge is 2.29. The highest BCUT2D eigenvalue weighted by molar-refractivity contribution is 7.12. The van der Waals surface area contributed by atoms with Crippen LogP contribution in [0.5, 0.6) is 0 Å². The van der Waals surface area contributed by atoms with Gasteiger partial charge in [0.15, 0.2) is 0 Å². The molecule has 2 atom stereocenters. The lowest BCUT2D eigenvalue weighted by Gasteiger charge is -2.31. The second-order valence-electron chi connectivity index (χ2n) is 4.98. The number of nitrogens with zero attached hydrogens (tertiary/aromatic N) is 1. The second kappa shape index (κ2) is 7.19. The molecule has 1 aliphatic rings. The minimum Gasteiger partial charge on any atom is -0.397 e. The molecule has 1 amide bonds. The molecular weight excluding hydrogens is 322 g/mol. The summed E-state index contributed by atoms with van der Waals surface area (Å²) in [7, 11) is 0. The van der Waals surface area contributed by atoms with Crippen molar-refractivity contribution in [1.29, 1.82) is 0 Å². The van der Waals surface area contributed by atoms with Crippen molar-refractivity contribution in [2.75, 3.05) is 18.9 Å². The molecule has 0 radical (unpaired) electrons. The van der Waals surface area contributed by atoms with Gasteiger partial charge in [-0.15, -0.1) is 22.7 Å². The van der Waals surface area contributed by atoms with E-state index in [-0.39, 0.29) is 18.1 Å². The Labute approximate surface area is 136 Å². The lowest BCUT2D eigenvalue weighted by molar-refractivity contribution is -0.0742. The van der Waals surface area contributed by atoms with Gasteiger partial charge in [-0.3, -0.25) is 4.79 Å². The van der Waals surface area contributed by atoms with Crippen molar-refractivity contribution in [3.63, 3.8) is 0 Å². The first-order chi connectivity index (χ1) is 10.7. The summed E-state index contributed by atoms with van der Waals surface area (Å²) in [5, 5.41) is 6.77. The first-order valence-electron chi connectivity index (χ1n) is 6.94. The number of aromatic nitrogens is 1. The Morgan fingerprint density at radius 2 is 2.50 bits per heavy atom. The molecule has 1 saturated heterocycles. The molecule has 8 heteroatoms. The molecule has 6 nitrogen and oxygen atoms in total. The molecule has 22 heavy (non-hydrogen) atoms. The molecule has 0 saturated carbocycles. The fourth-order valence-corrected chi connectivity index (χ4v) is 3.54. The standard InChI is InChI=1S/C14H17N3O3S2/c15-10-2-4-22-13(10)14(18)17-11-1-3-19-6-12(11)20-5-9-7-21-8-16-9/h2,4,7-8,11-12H,1,3,5-6,15H2,(H,17,18)/t11-,12-/m1/s1. The Morgan fingerprint density at radius 1 is 1.59 bits per heavy atom. The lowest BCUT2D eigenvalue weighted by Crippen LogP contribution is -2.49. The van der Waals surface area contributed by atoms with E-state index >= 15 is 0 Å². The molecule has 0 aromatic carbocycles. The van der Waals surface area contributed by atoms with Gasteiger partial charge in [0.1, 0.15) is 11.0 Å². The van der Waals surface area contributed by atoms with Gasteiger partial charge in [0, 0.05) is 12.0 Å². The molecule has 3 rings (SSSR count). The zero-order valence-corrected chi connectivity index (χ0v) is 13.5. The van der Waals surface area contributed by atoms with E-state index in [1.807, 2.05) is 10.8 Å². The summed E-state index contributed by atoms with van der Waals surface area (Å²) < 4.78 is 11.3. The normalized spacial score (nSPS) is 21.6. The summed E-state index contributed by atoms with van der Waals surface area (Å²) in [5.41, 5.74) is 8.96. The van der Waals surface area contributed by atoms with Crippen LogP contribution in [0.4, 0.5) is 5.69 Å². The number of nitrogen functional groups attached to an aromatic ring is 1. The summed E-state index contributed by atoms with van der Waals surface area (Å²) in [6.07, 6.45) is 0.541. The van der Waals surface area contributed by atoms with Crippen molar-refractivity contribution < 1.29 is 14.3 Å². The maximum atomic E-state index is 12.3. The van der Waals surface area contributed by atoms with E-state index in [0.717, 1.165) is 12.1 Å². The van der Waals surface area contributed by atoms with Crippen LogP contribution in [0.15, 0.2) is 22.3 Å². The van der Waals surface area contributed by atoms with Crippen LogP contribution in [0.2, 0.25) is 0 Å². The third-order valence-corrected chi connectivity index (χ3v) is 5.02. The predicted octanol–water partition coefficient (Wildman–Crippen LogP) is 1.89. The van der Waals surface area contributed by atoms with Crippen molar-refractivity contribution in [3.8, 4) is 0 Å². The van der Waals surface area contributed by atoms with Crippen LogP contribution >= 0.6 is 22.7 Å². The maximum Gasteiger partial charge on any atom is 0.263 e. The molecule has 2 aromatic rings. The molecule has 3 heterocycles. The smallest absolute Gasteiger partial charge is 0.263 e. The number of carbonyl (C=O) groups is 1. The number of hydrogen-bond donors (Lipinski definition) is 2. The summed E-state index contributed by atoms with van der Waals surface area (Å²) in [5.74, 6) is -0.151. The molecule has 1 fully saturated rings. The SMILES string of the molecule is Nc1ccsc1C(=O)N[C@@H]1CCOC[C@H]1OCc1cscn1. The number of carbonyl (C=O) groups excluding carboxylic acids is 1. The third-order valence-electron chi connectivity index (χ3n) is 3.45. The van der Waals surface area contributed by atoms with Crippen LogP contribution in [0.1, 0.15) is 21.8 Å². The minimum atomic E-state index is -0.180. The summed E-state index contributed by atoms with van der Waals surface area (Å²) in [6, 6.07) is 1.65. The largest absolute Gasteiger partial charge is 0.397 e. The molecule has 0 spiro atoms. The predicted molar refractivity (Wildman–Crippen MR) is 86.1 cm³/mol. The Morgan fingerprint density at radius 3 is 3.23 bits per heavy atom. The number of thiophene rings is 1. The first kappa shape index (κ1) is 15.4. The van der Waals surface area contributed by atoms with E-state index in [4.69, 9.17) is 15.2 Å². The van der Waals surface area contributed by atoms with E-state index in [2.05, 4.69) is 10.3 Å². The van der Waals surface area contributed by atoms with Gasteiger partial charge in [-0.1, -0.05) is 0 Å². The van der Waals surface area contributed by atoms with Crippen molar-refractivity contribution >= 4 is 34.3 Å². The monoisotopic (exact) mass is 339 g/mol. The molecule has 0 unspecified atom stereocenters. The average Bonchev–Trinajstić information content (AvgIpc) is 3.17. The number of ether oxygens (including phenoxy) is 2. The quantitative estimate of drug-likeness (QED) is 0.869. The number of thiazole rings is 1. The number of hydrogen-bond acceptors (Lipinski definition) is 7. The van der Waals surface area contributed by atoms with E-state index < -0.39 is 0 Å². The van der Waals surface area contributed by atoms with Gasteiger partial charge < -0.3 is 20.5 Å². The van der Waals surface area contributed by atoms with Gasteiger partial charge in [0.25, 0.3) is 5.91 Å². The van der Waals surface area contributed by atoms with Gasteiger partial charge in [-0.05, 0) is 17.9 Å².